The maximum absolute atomic E-state index is 12.1. The summed E-state index contributed by atoms with van der Waals surface area (Å²) in [5.74, 6) is 1.16. The van der Waals surface area contributed by atoms with Gasteiger partial charge in [-0.1, -0.05) is 30.3 Å². The van der Waals surface area contributed by atoms with E-state index < -0.39 is 0 Å². The largest absolute Gasteiger partial charge is 0.447 e. The monoisotopic (exact) mass is 310 g/mol. The lowest BCUT2D eigenvalue weighted by Gasteiger charge is -2.20. The fraction of sp³-hybridized carbons (Fsp3) is 0.353. The second-order valence-electron chi connectivity index (χ2n) is 5.95. The van der Waals surface area contributed by atoms with E-state index in [1.807, 2.05) is 18.2 Å². The van der Waals surface area contributed by atoms with Crippen LogP contribution in [0.4, 0.5) is 16.6 Å². The second-order valence-corrected chi connectivity index (χ2v) is 5.95. The number of aromatic nitrogens is 2. The molecular weight excluding hydrogens is 292 g/mol. The van der Waals surface area contributed by atoms with Gasteiger partial charge in [0.25, 0.3) is 0 Å². The molecule has 6 nitrogen and oxygen atoms in total. The number of ether oxygens (including phenoxy) is 1. The minimum atomic E-state index is -0.345. The third-order valence-corrected chi connectivity index (χ3v) is 4.07. The fourth-order valence-electron chi connectivity index (χ4n) is 2.74. The van der Waals surface area contributed by atoms with E-state index in [1.54, 1.807) is 17.2 Å². The third kappa shape index (κ3) is 3.11. The molecule has 0 bridgehead atoms. The van der Waals surface area contributed by atoms with Crippen molar-refractivity contribution >= 4 is 17.9 Å². The van der Waals surface area contributed by atoms with Crippen LogP contribution >= 0.6 is 0 Å². The van der Waals surface area contributed by atoms with Crippen LogP contribution in [0.25, 0.3) is 0 Å². The first-order chi connectivity index (χ1) is 11.3. The van der Waals surface area contributed by atoms with Crippen molar-refractivity contribution in [2.45, 2.75) is 31.3 Å². The molecule has 1 aliphatic heterocycles. The number of carbonyl (C=O) groups excluding carboxylic acids is 1. The molecule has 2 aliphatic rings. The average Bonchev–Trinajstić information content (AvgIpc) is 3.31. The SMILES string of the molecule is O=C1OC[C@H](Cc2ccccc2)N1c1ccnc(NC2CC2)n1. The molecule has 1 saturated carbocycles. The normalized spacial score (nSPS) is 20.4. The highest BCUT2D eigenvalue weighted by Crippen LogP contribution is 2.26. The van der Waals surface area contributed by atoms with Gasteiger partial charge in [-0.25, -0.2) is 9.78 Å². The smallest absolute Gasteiger partial charge is 0.415 e. The Morgan fingerprint density at radius 3 is 2.83 bits per heavy atom. The zero-order valence-electron chi connectivity index (χ0n) is 12.7. The van der Waals surface area contributed by atoms with E-state index in [0.29, 0.717) is 24.4 Å². The van der Waals surface area contributed by atoms with E-state index >= 15 is 0 Å². The van der Waals surface area contributed by atoms with Gasteiger partial charge in [0.15, 0.2) is 0 Å². The minimum absolute atomic E-state index is 0.0476. The molecule has 2 aromatic rings. The molecule has 1 aromatic heterocycles. The van der Waals surface area contributed by atoms with Crippen LogP contribution in [0.2, 0.25) is 0 Å². The number of carbonyl (C=O) groups is 1. The van der Waals surface area contributed by atoms with Gasteiger partial charge in [0.05, 0.1) is 6.04 Å². The molecule has 2 fully saturated rings. The minimum Gasteiger partial charge on any atom is -0.447 e. The molecule has 4 rings (SSSR count). The van der Waals surface area contributed by atoms with Crippen LogP contribution in [-0.4, -0.2) is 34.8 Å². The van der Waals surface area contributed by atoms with Crippen molar-refractivity contribution in [2.24, 2.45) is 0 Å². The predicted octanol–water partition coefficient (Wildman–Crippen LogP) is 2.62. The Hall–Kier alpha value is -2.63. The lowest BCUT2D eigenvalue weighted by Crippen LogP contribution is -2.35. The van der Waals surface area contributed by atoms with E-state index in [1.165, 1.54) is 5.56 Å². The summed E-state index contributed by atoms with van der Waals surface area (Å²) in [4.78, 5) is 22.5. The van der Waals surface area contributed by atoms with E-state index in [-0.39, 0.29) is 12.1 Å². The number of hydrogen-bond acceptors (Lipinski definition) is 5. The number of rotatable bonds is 5. The molecule has 1 saturated heterocycles. The predicted molar refractivity (Wildman–Crippen MR) is 86.4 cm³/mol. The molecule has 0 unspecified atom stereocenters. The van der Waals surface area contributed by atoms with Gasteiger partial charge in [-0.05, 0) is 30.9 Å². The van der Waals surface area contributed by atoms with Crippen LogP contribution in [0.5, 0.6) is 0 Å². The molecule has 2 heterocycles. The van der Waals surface area contributed by atoms with Gasteiger partial charge in [-0.2, -0.15) is 4.98 Å². The molecule has 1 aromatic carbocycles. The van der Waals surface area contributed by atoms with E-state index in [0.717, 1.165) is 19.3 Å². The maximum atomic E-state index is 12.1. The Morgan fingerprint density at radius 2 is 2.04 bits per heavy atom. The molecular formula is C17H18N4O2. The van der Waals surface area contributed by atoms with Gasteiger partial charge in [0.2, 0.25) is 5.95 Å². The second kappa shape index (κ2) is 5.87. The van der Waals surface area contributed by atoms with Gasteiger partial charge in [0.1, 0.15) is 12.4 Å². The van der Waals surface area contributed by atoms with Crippen molar-refractivity contribution < 1.29 is 9.53 Å². The van der Waals surface area contributed by atoms with Gasteiger partial charge >= 0.3 is 6.09 Å². The quantitative estimate of drug-likeness (QED) is 0.919. The van der Waals surface area contributed by atoms with Crippen LogP contribution in [0.3, 0.4) is 0 Å². The fourth-order valence-corrected chi connectivity index (χ4v) is 2.74. The van der Waals surface area contributed by atoms with Crippen LogP contribution in [0.15, 0.2) is 42.6 Å². The average molecular weight is 310 g/mol. The number of amides is 1. The van der Waals surface area contributed by atoms with Crippen molar-refractivity contribution in [3.05, 3.63) is 48.2 Å². The molecule has 23 heavy (non-hydrogen) atoms. The molecule has 6 heteroatoms. The van der Waals surface area contributed by atoms with Crippen molar-refractivity contribution in [2.75, 3.05) is 16.8 Å². The highest BCUT2D eigenvalue weighted by Gasteiger charge is 2.35. The Balaban J connectivity index is 1.56. The van der Waals surface area contributed by atoms with Crippen molar-refractivity contribution in [3.8, 4) is 0 Å². The molecule has 118 valence electrons. The lowest BCUT2D eigenvalue weighted by atomic mass is 10.1. The van der Waals surface area contributed by atoms with E-state index in [2.05, 4.69) is 27.4 Å². The summed E-state index contributed by atoms with van der Waals surface area (Å²) in [6, 6.07) is 12.3. The maximum Gasteiger partial charge on any atom is 0.415 e. The summed E-state index contributed by atoms with van der Waals surface area (Å²) < 4.78 is 5.24. The summed E-state index contributed by atoms with van der Waals surface area (Å²) in [7, 11) is 0. The van der Waals surface area contributed by atoms with Crippen LogP contribution in [-0.2, 0) is 11.2 Å². The number of anilines is 2. The number of cyclic esters (lactones) is 1. The van der Waals surface area contributed by atoms with Gasteiger partial charge in [-0.15, -0.1) is 0 Å². The van der Waals surface area contributed by atoms with Crippen LogP contribution in [0.1, 0.15) is 18.4 Å². The van der Waals surface area contributed by atoms with Crippen molar-refractivity contribution in [3.63, 3.8) is 0 Å². The Morgan fingerprint density at radius 1 is 1.22 bits per heavy atom. The summed E-state index contributed by atoms with van der Waals surface area (Å²) in [6.45, 7) is 0.378. The summed E-state index contributed by atoms with van der Waals surface area (Å²) >= 11 is 0. The van der Waals surface area contributed by atoms with Crippen LogP contribution in [0, 0.1) is 0 Å². The summed E-state index contributed by atoms with van der Waals surface area (Å²) in [5, 5.41) is 3.26. The Labute approximate surface area is 134 Å². The number of hydrogen-bond donors (Lipinski definition) is 1. The number of benzene rings is 1. The molecule has 1 amide bonds. The van der Waals surface area contributed by atoms with Crippen molar-refractivity contribution in [1.29, 1.82) is 0 Å². The first-order valence-corrected chi connectivity index (χ1v) is 7.89. The summed E-state index contributed by atoms with van der Waals surface area (Å²) in [6.07, 6.45) is 4.37. The lowest BCUT2D eigenvalue weighted by molar-refractivity contribution is 0.178. The molecule has 1 N–H and O–H groups in total. The number of nitrogens with zero attached hydrogens (tertiary/aromatic N) is 3. The molecule has 1 aliphatic carbocycles. The summed E-state index contributed by atoms with van der Waals surface area (Å²) in [5.41, 5.74) is 1.17. The number of nitrogens with one attached hydrogen (secondary N) is 1. The molecule has 1 atom stereocenters. The van der Waals surface area contributed by atoms with Gasteiger partial charge in [0, 0.05) is 12.2 Å². The molecule has 0 spiro atoms. The zero-order chi connectivity index (χ0) is 15.6. The first-order valence-electron chi connectivity index (χ1n) is 7.89. The first kappa shape index (κ1) is 14.0. The topological polar surface area (TPSA) is 67.3 Å². The Bertz CT molecular complexity index is 703. The highest BCUT2D eigenvalue weighted by molar-refractivity contribution is 5.89. The standard InChI is InChI=1S/C17H18N4O2/c22-17-21(14(11-23-17)10-12-4-2-1-3-5-12)15-8-9-18-16(20-15)19-13-6-7-13/h1-5,8-9,13-14H,6-7,10-11H2,(H,18,19,20)/t14-/m0/s1. The Kier molecular flexibility index (Phi) is 3.57. The van der Waals surface area contributed by atoms with Crippen molar-refractivity contribution in [1.82, 2.24) is 9.97 Å². The van der Waals surface area contributed by atoms with E-state index in [9.17, 15) is 4.79 Å². The highest BCUT2D eigenvalue weighted by atomic mass is 16.6. The van der Waals surface area contributed by atoms with Gasteiger partial charge < -0.3 is 10.1 Å². The van der Waals surface area contributed by atoms with Gasteiger partial charge in [-0.3, -0.25) is 4.90 Å². The molecule has 0 radical (unpaired) electrons. The third-order valence-electron chi connectivity index (χ3n) is 4.07. The zero-order valence-corrected chi connectivity index (χ0v) is 12.7. The van der Waals surface area contributed by atoms with Crippen LogP contribution < -0.4 is 10.2 Å². The van der Waals surface area contributed by atoms with E-state index in [4.69, 9.17) is 4.74 Å².